The summed E-state index contributed by atoms with van der Waals surface area (Å²) in [7, 11) is 1.51. The first kappa shape index (κ1) is 23.0. The van der Waals surface area contributed by atoms with Crippen LogP contribution >= 0.6 is 0 Å². The summed E-state index contributed by atoms with van der Waals surface area (Å²) in [4.78, 5) is 31.8. The SMILES string of the molecule is COc1cccc(-c2ncccn2)c1C(=O)N1C[C@H]2CC[C@H]1[C@H](Nc1cnc(C(F)(F)F)cn1)C2. The minimum absolute atomic E-state index is 0.161. The van der Waals surface area contributed by atoms with Crippen molar-refractivity contribution in [3.8, 4) is 17.1 Å². The second-order valence-electron chi connectivity index (χ2n) is 8.69. The molecule has 4 heterocycles. The van der Waals surface area contributed by atoms with Crippen molar-refractivity contribution in [1.29, 1.82) is 0 Å². The van der Waals surface area contributed by atoms with Crippen LogP contribution in [0.25, 0.3) is 11.4 Å². The van der Waals surface area contributed by atoms with E-state index < -0.39 is 11.9 Å². The Morgan fingerprint density at radius 2 is 1.89 bits per heavy atom. The van der Waals surface area contributed by atoms with Crippen molar-refractivity contribution < 1.29 is 22.7 Å². The minimum atomic E-state index is -4.55. The summed E-state index contributed by atoms with van der Waals surface area (Å²) in [6.45, 7) is 0.591. The number of methoxy groups -OCH3 is 1. The molecule has 3 aliphatic rings. The molecule has 3 atom stereocenters. The van der Waals surface area contributed by atoms with Gasteiger partial charge in [0.1, 0.15) is 11.6 Å². The molecule has 6 rings (SSSR count). The normalized spacial score (nSPS) is 21.6. The molecular formula is C24H23F3N6O2. The van der Waals surface area contributed by atoms with Crippen molar-refractivity contribution in [1.82, 2.24) is 24.8 Å². The van der Waals surface area contributed by atoms with Gasteiger partial charge in [-0.15, -0.1) is 0 Å². The Morgan fingerprint density at radius 3 is 2.54 bits per heavy atom. The van der Waals surface area contributed by atoms with E-state index in [2.05, 4.69) is 25.3 Å². The van der Waals surface area contributed by atoms with E-state index in [0.29, 0.717) is 35.4 Å². The van der Waals surface area contributed by atoms with E-state index in [1.165, 1.54) is 7.11 Å². The number of hydrogen-bond acceptors (Lipinski definition) is 7. The Morgan fingerprint density at radius 1 is 1.09 bits per heavy atom. The molecule has 182 valence electrons. The van der Waals surface area contributed by atoms with Gasteiger partial charge in [0, 0.05) is 30.5 Å². The summed E-state index contributed by atoms with van der Waals surface area (Å²) in [5.74, 6) is 1.17. The molecule has 1 amide bonds. The van der Waals surface area contributed by atoms with Gasteiger partial charge in [0.2, 0.25) is 0 Å². The molecule has 1 aliphatic carbocycles. The second kappa shape index (κ2) is 9.12. The Hall–Kier alpha value is -3.76. The lowest BCUT2D eigenvalue weighted by atomic mass is 9.76. The van der Waals surface area contributed by atoms with Gasteiger partial charge in [-0.1, -0.05) is 12.1 Å². The van der Waals surface area contributed by atoms with Crippen LogP contribution in [-0.2, 0) is 6.18 Å². The topological polar surface area (TPSA) is 93.1 Å². The number of hydrogen-bond donors (Lipinski definition) is 1. The number of piperidine rings is 2. The fourth-order valence-corrected chi connectivity index (χ4v) is 5.01. The molecule has 8 nitrogen and oxygen atoms in total. The van der Waals surface area contributed by atoms with E-state index in [1.54, 1.807) is 36.7 Å². The average molecular weight is 484 g/mol. The molecule has 11 heteroatoms. The molecule has 0 spiro atoms. The number of fused-ring (bicyclic) bond motifs is 3. The zero-order valence-corrected chi connectivity index (χ0v) is 18.9. The fourth-order valence-electron chi connectivity index (χ4n) is 5.01. The number of benzene rings is 1. The molecule has 0 unspecified atom stereocenters. The van der Waals surface area contributed by atoms with E-state index in [9.17, 15) is 18.0 Å². The van der Waals surface area contributed by atoms with Crippen molar-refractivity contribution in [2.45, 2.75) is 37.5 Å². The van der Waals surface area contributed by atoms with Crippen LogP contribution in [-0.4, -0.2) is 56.5 Å². The molecule has 2 aliphatic heterocycles. The number of amides is 1. The fraction of sp³-hybridized carbons (Fsp3) is 0.375. The van der Waals surface area contributed by atoms with Crippen molar-refractivity contribution >= 4 is 11.7 Å². The number of aromatic nitrogens is 4. The summed E-state index contributed by atoms with van der Waals surface area (Å²) in [6.07, 6.45) is 3.02. The molecule has 3 fully saturated rings. The largest absolute Gasteiger partial charge is 0.496 e. The maximum absolute atomic E-state index is 13.9. The van der Waals surface area contributed by atoms with E-state index >= 15 is 0 Å². The highest BCUT2D eigenvalue weighted by molar-refractivity contribution is 6.03. The number of ether oxygens (including phenoxy) is 1. The van der Waals surface area contributed by atoms with E-state index in [0.717, 1.165) is 25.5 Å². The molecule has 2 saturated heterocycles. The Kier molecular flexibility index (Phi) is 6.00. The lowest BCUT2D eigenvalue weighted by molar-refractivity contribution is -0.141. The monoisotopic (exact) mass is 484 g/mol. The van der Waals surface area contributed by atoms with Crippen molar-refractivity contribution in [3.05, 3.63) is 60.3 Å². The molecule has 0 radical (unpaired) electrons. The molecule has 2 aromatic heterocycles. The predicted molar refractivity (Wildman–Crippen MR) is 121 cm³/mol. The number of anilines is 1. The van der Waals surface area contributed by atoms with E-state index in [-0.39, 0.29) is 29.7 Å². The van der Waals surface area contributed by atoms with Crippen LogP contribution in [0.3, 0.4) is 0 Å². The van der Waals surface area contributed by atoms with Gasteiger partial charge < -0.3 is 15.0 Å². The summed E-state index contributed by atoms with van der Waals surface area (Å²) in [5, 5.41) is 3.21. The van der Waals surface area contributed by atoms with Crippen LogP contribution in [0.1, 0.15) is 35.3 Å². The smallest absolute Gasteiger partial charge is 0.434 e. The number of nitrogens with zero attached hydrogens (tertiary/aromatic N) is 5. The number of halogens is 3. The zero-order valence-electron chi connectivity index (χ0n) is 18.9. The predicted octanol–water partition coefficient (Wildman–Crippen LogP) is 4.07. The maximum Gasteiger partial charge on any atom is 0.434 e. The molecule has 1 saturated carbocycles. The van der Waals surface area contributed by atoms with Crippen LogP contribution in [0.5, 0.6) is 5.75 Å². The standard InChI is InChI=1S/C24H23F3N6O2/c1-35-18-5-2-4-15(22-28-8-3-9-29-22)21(18)23(34)33-13-14-6-7-17(33)16(10-14)32-20-12-30-19(11-31-20)24(25,26)27/h2-5,8-9,11-12,14,16-17H,6-7,10,13H2,1H3,(H,31,32)/t14-,16+,17-/m0/s1. The lowest BCUT2D eigenvalue weighted by Crippen LogP contribution is -2.59. The van der Waals surface area contributed by atoms with Gasteiger partial charge in [-0.2, -0.15) is 13.2 Å². The van der Waals surface area contributed by atoms with Crippen LogP contribution in [0.4, 0.5) is 19.0 Å². The molecular weight excluding hydrogens is 461 g/mol. The third kappa shape index (κ3) is 4.50. The first-order chi connectivity index (χ1) is 16.8. The molecule has 3 aromatic rings. The van der Waals surface area contributed by atoms with Crippen molar-refractivity contribution in [2.24, 2.45) is 5.92 Å². The maximum atomic E-state index is 13.9. The molecule has 1 aromatic carbocycles. The number of alkyl halides is 3. The third-order valence-corrected chi connectivity index (χ3v) is 6.58. The second-order valence-corrected chi connectivity index (χ2v) is 8.69. The van der Waals surface area contributed by atoms with Crippen LogP contribution in [0, 0.1) is 5.92 Å². The minimum Gasteiger partial charge on any atom is -0.496 e. The van der Waals surface area contributed by atoms with Crippen LogP contribution in [0.15, 0.2) is 49.1 Å². The number of rotatable bonds is 5. The van der Waals surface area contributed by atoms with Gasteiger partial charge in [0.15, 0.2) is 11.5 Å². The summed E-state index contributed by atoms with van der Waals surface area (Å²) >= 11 is 0. The molecule has 2 bridgehead atoms. The van der Waals surface area contributed by atoms with E-state index in [1.807, 2.05) is 4.90 Å². The molecule has 35 heavy (non-hydrogen) atoms. The first-order valence-electron chi connectivity index (χ1n) is 11.3. The number of nitrogens with one attached hydrogen (secondary N) is 1. The Bertz CT molecular complexity index is 1210. The number of carbonyl (C=O) groups excluding carboxylic acids is 1. The quantitative estimate of drug-likeness (QED) is 0.584. The van der Waals surface area contributed by atoms with E-state index in [4.69, 9.17) is 4.74 Å². The van der Waals surface area contributed by atoms with Gasteiger partial charge in [0.05, 0.1) is 31.1 Å². The number of carbonyl (C=O) groups is 1. The lowest BCUT2D eigenvalue weighted by Gasteiger charge is -2.50. The van der Waals surface area contributed by atoms with Gasteiger partial charge >= 0.3 is 6.18 Å². The van der Waals surface area contributed by atoms with Gasteiger partial charge in [-0.3, -0.25) is 4.79 Å². The van der Waals surface area contributed by atoms with Crippen LogP contribution < -0.4 is 10.1 Å². The summed E-state index contributed by atoms with van der Waals surface area (Å²) in [5.41, 5.74) is -0.0758. The molecule has 1 N–H and O–H groups in total. The Balaban J connectivity index is 1.43. The van der Waals surface area contributed by atoms with Gasteiger partial charge in [-0.25, -0.2) is 19.9 Å². The zero-order chi connectivity index (χ0) is 24.6. The first-order valence-corrected chi connectivity index (χ1v) is 11.3. The highest BCUT2D eigenvalue weighted by Crippen LogP contribution is 2.39. The highest BCUT2D eigenvalue weighted by atomic mass is 19.4. The highest BCUT2D eigenvalue weighted by Gasteiger charge is 2.44. The van der Waals surface area contributed by atoms with Gasteiger partial charge in [-0.05, 0) is 37.3 Å². The Labute approximate surface area is 199 Å². The summed E-state index contributed by atoms with van der Waals surface area (Å²) < 4.78 is 44.0. The van der Waals surface area contributed by atoms with Crippen LogP contribution in [0.2, 0.25) is 0 Å². The van der Waals surface area contributed by atoms with Crippen molar-refractivity contribution in [3.63, 3.8) is 0 Å². The summed E-state index contributed by atoms with van der Waals surface area (Å²) in [6, 6.07) is 6.69. The van der Waals surface area contributed by atoms with Crippen molar-refractivity contribution in [2.75, 3.05) is 19.0 Å². The third-order valence-electron chi connectivity index (χ3n) is 6.58. The van der Waals surface area contributed by atoms with Gasteiger partial charge in [0.25, 0.3) is 5.91 Å². The average Bonchev–Trinajstić information content (AvgIpc) is 2.88.